The van der Waals surface area contributed by atoms with Gasteiger partial charge in [-0.25, -0.2) is 13.4 Å². The smallest absolute Gasteiger partial charge is 0.235 e. The Labute approximate surface area is 163 Å². The summed E-state index contributed by atoms with van der Waals surface area (Å²) >= 11 is 0. The van der Waals surface area contributed by atoms with Crippen LogP contribution in [0.15, 0.2) is 48.7 Å². The number of hydrogen-bond acceptors (Lipinski definition) is 5. The minimum absolute atomic E-state index is 0.246. The highest BCUT2D eigenvalue weighted by molar-refractivity contribution is 7.93. The maximum Gasteiger partial charge on any atom is 0.235 e. The van der Waals surface area contributed by atoms with Crippen molar-refractivity contribution in [1.82, 2.24) is 9.38 Å². The molecule has 3 aromatic rings. The molecule has 2 aliphatic rings. The van der Waals surface area contributed by atoms with E-state index in [0.29, 0.717) is 17.4 Å². The van der Waals surface area contributed by atoms with Gasteiger partial charge in [0.15, 0.2) is 0 Å². The van der Waals surface area contributed by atoms with Crippen LogP contribution in [0.3, 0.4) is 0 Å². The van der Waals surface area contributed by atoms with Crippen molar-refractivity contribution in [3.8, 4) is 11.3 Å². The zero-order valence-electron chi connectivity index (χ0n) is 15.2. The number of aliphatic hydroxyl groups excluding tert-OH is 1. The molecule has 0 bridgehead atoms. The van der Waals surface area contributed by atoms with Crippen LogP contribution in [0.4, 0.5) is 11.5 Å². The molecule has 2 fully saturated rings. The fourth-order valence-corrected chi connectivity index (χ4v) is 4.72. The van der Waals surface area contributed by atoms with E-state index in [1.165, 1.54) is 0 Å². The molecule has 0 amide bonds. The Bertz CT molecular complexity index is 1120. The Balaban J connectivity index is 1.41. The van der Waals surface area contributed by atoms with Gasteiger partial charge in [0.25, 0.3) is 0 Å². The topological polar surface area (TPSA) is 95.7 Å². The average molecular weight is 398 g/mol. The summed E-state index contributed by atoms with van der Waals surface area (Å²) < 4.78 is 28.8. The van der Waals surface area contributed by atoms with Crippen molar-refractivity contribution in [2.45, 2.75) is 37.2 Å². The highest BCUT2D eigenvalue weighted by atomic mass is 32.2. The van der Waals surface area contributed by atoms with Crippen LogP contribution in [0.5, 0.6) is 0 Å². The van der Waals surface area contributed by atoms with Gasteiger partial charge in [-0.15, -0.1) is 0 Å². The lowest BCUT2D eigenvalue weighted by Crippen LogP contribution is -2.20. The molecule has 1 aromatic carbocycles. The monoisotopic (exact) mass is 398 g/mol. The Morgan fingerprint density at radius 3 is 2.50 bits per heavy atom. The number of anilines is 2. The number of pyridine rings is 1. The summed E-state index contributed by atoms with van der Waals surface area (Å²) in [5, 5.41) is 12.9. The van der Waals surface area contributed by atoms with Crippen molar-refractivity contribution < 1.29 is 13.5 Å². The first-order valence-electron chi connectivity index (χ1n) is 9.54. The van der Waals surface area contributed by atoms with E-state index in [2.05, 4.69) is 15.0 Å². The number of imidazole rings is 1. The zero-order chi connectivity index (χ0) is 19.3. The fourth-order valence-electron chi connectivity index (χ4n) is 3.33. The largest absolute Gasteiger partial charge is 0.373 e. The Morgan fingerprint density at radius 1 is 1.07 bits per heavy atom. The van der Waals surface area contributed by atoms with Crippen molar-refractivity contribution in [3.63, 3.8) is 0 Å². The first kappa shape index (κ1) is 17.5. The summed E-state index contributed by atoms with van der Waals surface area (Å²) in [4.78, 5) is 4.54. The third-order valence-corrected chi connectivity index (χ3v) is 7.13. The van der Waals surface area contributed by atoms with E-state index in [1.807, 2.05) is 40.9 Å². The number of aromatic nitrogens is 2. The number of hydrogen-bond donors (Lipinski definition) is 3. The summed E-state index contributed by atoms with van der Waals surface area (Å²) in [7, 11) is -3.26. The van der Waals surface area contributed by atoms with Gasteiger partial charge in [-0.05, 0) is 55.5 Å². The molecule has 5 rings (SSSR count). The van der Waals surface area contributed by atoms with Gasteiger partial charge in [0, 0.05) is 11.6 Å². The molecule has 28 heavy (non-hydrogen) atoms. The van der Waals surface area contributed by atoms with Crippen LogP contribution in [-0.2, 0) is 10.0 Å². The third kappa shape index (κ3) is 3.45. The van der Waals surface area contributed by atoms with E-state index < -0.39 is 16.3 Å². The summed E-state index contributed by atoms with van der Waals surface area (Å²) in [5.41, 5.74) is 3.24. The number of benzene rings is 1. The van der Waals surface area contributed by atoms with Crippen LogP contribution in [0.2, 0.25) is 0 Å². The maximum atomic E-state index is 12.1. The standard InChI is InChI=1S/C20H22N4O3S/c25-20(14-4-5-14)22-18-12-24-17(2-1-3-19(24)21-18)13-6-8-15(9-7-13)23-28(26,27)16-10-11-16/h1-3,6-9,12,14,16,20,22-23,25H,4-5,10-11H2. The van der Waals surface area contributed by atoms with Crippen LogP contribution in [-0.4, -0.2) is 34.4 Å². The molecule has 8 heteroatoms. The molecule has 2 heterocycles. The molecule has 3 N–H and O–H groups in total. The van der Waals surface area contributed by atoms with Crippen molar-refractivity contribution in [2.75, 3.05) is 10.0 Å². The molecule has 0 aliphatic heterocycles. The zero-order valence-corrected chi connectivity index (χ0v) is 16.1. The highest BCUT2D eigenvalue weighted by Gasteiger charge is 2.35. The van der Waals surface area contributed by atoms with Crippen LogP contribution >= 0.6 is 0 Å². The van der Waals surface area contributed by atoms with Gasteiger partial charge >= 0.3 is 0 Å². The SMILES string of the molecule is O=S(=O)(Nc1ccc(-c2cccc3nc(NC(O)C4CC4)cn23)cc1)C1CC1. The average Bonchev–Trinajstić information content (AvgIpc) is 3.57. The number of nitrogens with one attached hydrogen (secondary N) is 2. The number of fused-ring (bicyclic) bond motifs is 1. The summed E-state index contributed by atoms with van der Waals surface area (Å²) in [5.74, 6) is 0.955. The quantitative estimate of drug-likeness (QED) is 0.532. The van der Waals surface area contributed by atoms with Gasteiger partial charge in [0.05, 0.1) is 17.1 Å². The summed E-state index contributed by atoms with van der Waals surface area (Å²) in [6, 6.07) is 13.2. The normalized spacial score (nSPS) is 18.2. The number of sulfonamides is 1. The van der Waals surface area contributed by atoms with Crippen LogP contribution in [0, 0.1) is 5.92 Å². The molecule has 7 nitrogen and oxygen atoms in total. The summed E-state index contributed by atoms with van der Waals surface area (Å²) in [6.07, 6.45) is 4.88. The minimum atomic E-state index is -3.26. The van der Waals surface area contributed by atoms with Crippen LogP contribution in [0.25, 0.3) is 16.9 Å². The van der Waals surface area contributed by atoms with Crippen molar-refractivity contribution in [2.24, 2.45) is 5.92 Å². The molecule has 2 saturated carbocycles. The molecular formula is C20H22N4O3S. The van der Waals surface area contributed by atoms with Gasteiger partial charge in [-0.3, -0.25) is 9.12 Å². The Morgan fingerprint density at radius 2 is 1.82 bits per heavy atom. The van der Waals surface area contributed by atoms with E-state index in [-0.39, 0.29) is 5.25 Å². The maximum absolute atomic E-state index is 12.1. The van der Waals surface area contributed by atoms with Gasteiger partial charge < -0.3 is 10.4 Å². The Kier molecular flexibility index (Phi) is 4.06. The predicted octanol–water partition coefficient (Wildman–Crippen LogP) is 3.05. The number of nitrogens with zero attached hydrogens (tertiary/aromatic N) is 2. The molecule has 0 saturated heterocycles. The first-order valence-corrected chi connectivity index (χ1v) is 11.1. The molecule has 0 spiro atoms. The van der Waals surface area contributed by atoms with E-state index in [0.717, 1.165) is 42.6 Å². The lowest BCUT2D eigenvalue weighted by molar-refractivity contribution is 0.179. The number of rotatable bonds is 7. The lowest BCUT2D eigenvalue weighted by Gasteiger charge is -2.10. The molecule has 2 aromatic heterocycles. The van der Waals surface area contributed by atoms with Gasteiger partial charge in [-0.2, -0.15) is 0 Å². The molecule has 0 radical (unpaired) electrons. The predicted molar refractivity (Wildman–Crippen MR) is 109 cm³/mol. The highest BCUT2D eigenvalue weighted by Crippen LogP contribution is 2.33. The summed E-state index contributed by atoms with van der Waals surface area (Å²) in [6.45, 7) is 0. The minimum Gasteiger partial charge on any atom is -0.373 e. The molecule has 146 valence electrons. The van der Waals surface area contributed by atoms with Crippen molar-refractivity contribution in [1.29, 1.82) is 0 Å². The van der Waals surface area contributed by atoms with Crippen molar-refractivity contribution >= 4 is 27.2 Å². The van der Waals surface area contributed by atoms with Gasteiger partial charge in [-0.1, -0.05) is 18.2 Å². The van der Waals surface area contributed by atoms with Crippen LogP contribution < -0.4 is 10.0 Å². The molecule has 2 aliphatic carbocycles. The second-order valence-electron chi connectivity index (χ2n) is 7.62. The lowest BCUT2D eigenvalue weighted by atomic mass is 10.1. The molecule has 1 unspecified atom stereocenters. The van der Waals surface area contributed by atoms with Crippen LogP contribution in [0.1, 0.15) is 25.7 Å². The fraction of sp³-hybridized carbons (Fsp3) is 0.350. The van der Waals surface area contributed by atoms with Gasteiger partial charge in [0.1, 0.15) is 17.7 Å². The van der Waals surface area contributed by atoms with Crippen molar-refractivity contribution in [3.05, 3.63) is 48.7 Å². The van der Waals surface area contributed by atoms with E-state index in [1.54, 1.807) is 12.1 Å². The third-order valence-electron chi connectivity index (χ3n) is 5.26. The Hall–Kier alpha value is -2.58. The van der Waals surface area contributed by atoms with E-state index in [4.69, 9.17) is 0 Å². The van der Waals surface area contributed by atoms with E-state index >= 15 is 0 Å². The first-order chi connectivity index (χ1) is 13.5. The van der Waals surface area contributed by atoms with Gasteiger partial charge in [0.2, 0.25) is 10.0 Å². The molecule has 1 atom stereocenters. The second kappa shape index (κ2) is 6.49. The molecular weight excluding hydrogens is 376 g/mol. The second-order valence-corrected chi connectivity index (χ2v) is 9.58. The number of aliphatic hydroxyl groups is 1. The van der Waals surface area contributed by atoms with E-state index in [9.17, 15) is 13.5 Å².